The normalized spacial score (nSPS) is 20.7. The average Bonchev–Trinajstić information content (AvgIpc) is 3.14. The van der Waals surface area contributed by atoms with Crippen molar-refractivity contribution >= 4 is 16.5 Å². The number of anilines is 1. The van der Waals surface area contributed by atoms with Crippen LogP contribution in [-0.2, 0) is 6.54 Å². The summed E-state index contributed by atoms with van der Waals surface area (Å²) in [5.74, 6) is 0.885. The van der Waals surface area contributed by atoms with Crippen LogP contribution in [-0.4, -0.2) is 24.6 Å². The van der Waals surface area contributed by atoms with Gasteiger partial charge < -0.3 is 10.2 Å². The van der Waals surface area contributed by atoms with Gasteiger partial charge in [0.25, 0.3) is 0 Å². The first kappa shape index (κ1) is 13.4. The third kappa shape index (κ3) is 3.93. The molecule has 1 aromatic heterocycles. The second kappa shape index (κ2) is 6.23. The number of hydrogen-bond acceptors (Lipinski definition) is 4. The Balaban J connectivity index is 1.48. The molecule has 2 aliphatic carbocycles. The SMILES string of the molecule is CN(CC1CCCCC1)c1nc(CNC2CC2)cs1. The molecule has 0 amide bonds. The zero-order valence-electron chi connectivity index (χ0n) is 11.9. The minimum absolute atomic E-state index is 0.769. The topological polar surface area (TPSA) is 28.2 Å². The van der Waals surface area contributed by atoms with Gasteiger partial charge in [0.05, 0.1) is 5.69 Å². The van der Waals surface area contributed by atoms with Crippen LogP contribution in [0.4, 0.5) is 5.13 Å². The molecular weight excluding hydrogens is 254 g/mol. The molecule has 3 rings (SSSR count). The Bertz CT molecular complexity index is 394. The molecule has 0 aromatic carbocycles. The summed E-state index contributed by atoms with van der Waals surface area (Å²) in [5.41, 5.74) is 1.21. The van der Waals surface area contributed by atoms with Crippen LogP contribution in [0.1, 0.15) is 50.6 Å². The van der Waals surface area contributed by atoms with Crippen molar-refractivity contribution in [2.45, 2.75) is 57.5 Å². The quantitative estimate of drug-likeness (QED) is 0.865. The summed E-state index contributed by atoms with van der Waals surface area (Å²) in [6.45, 7) is 2.13. The minimum atomic E-state index is 0.769. The van der Waals surface area contributed by atoms with E-state index in [4.69, 9.17) is 4.98 Å². The number of thiazole rings is 1. The molecule has 0 atom stereocenters. The first-order valence-corrected chi connectivity index (χ1v) is 8.58. The highest BCUT2D eigenvalue weighted by atomic mass is 32.1. The van der Waals surface area contributed by atoms with E-state index in [9.17, 15) is 0 Å². The maximum absolute atomic E-state index is 4.76. The molecule has 1 aromatic rings. The fourth-order valence-electron chi connectivity index (χ4n) is 2.92. The van der Waals surface area contributed by atoms with Gasteiger partial charge in [-0.1, -0.05) is 19.3 Å². The highest BCUT2D eigenvalue weighted by Crippen LogP contribution is 2.27. The third-order valence-electron chi connectivity index (χ3n) is 4.27. The summed E-state index contributed by atoms with van der Waals surface area (Å²) in [7, 11) is 2.20. The van der Waals surface area contributed by atoms with Gasteiger partial charge in [-0.15, -0.1) is 11.3 Å². The van der Waals surface area contributed by atoms with Crippen molar-refractivity contribution in [2.75, 3.05) is 18.5 Å². The van der Waals surface area contributed by atoms with Gasteiger partial charge in [-0.05, 0) is 31.6 Å². The van der Waals surface area contributed by atoms with Crippen LogP contribution in [0.3, 0.4) is 0 Å². The molecule has 1 heterocycles. The molecule has 4 heteroatoms. The first-order valence-electron chi connectivity index (χ1n) is 7.70. The van der Waals surface area contributed by atoms with Gasteiger partial charge in [0.15, 0.2) is 5.13 Å². The molecule has 0 radical (unpaired) electrons. The van der Waals surface area contributed by atoms with Crippen LogP contribution in [0.25, 0.3) is 0 Å². The number of hydrogen-bond donors (Lipinski definition) is 1. The van der Waals surface area contributed by atoms with E-state index < -0.39 is 0 Å². The van der Waals surface area contributed by atoms with Crippen LogP contribution in [0, 0.1) is 5.92 Å². The van der Waals surface area contributed by atoms with E-state index in [1.807, 2.05) is 0 Å². The molecule has 0 unspecified atom stereocenters. The van der Waals surface area contributed by atoms with E-state index in [2.05, 4.69) is 22.6 Å². The summed E-state index contributed by atoms with van der Waals surface area (Å²) < 4.78 is 0. The number of rotatable bonds is 6. The highest BCUT2D eigenvalue weighted by Gasteiger charge is 2.21. The monoisotopic (exact) mass is 279 g/mol. The second-order valence-electron chi connectivity index (χ2n) is 6.16. The molecule has 19 heavy (non-hydrogen) atoms. The van der Waals surface area contributed by atoms with E-state index in [0.29, 0.717) is 0 Å². The summed E-state index contributed by atoms with van der Waals surface area (Å²) in [5, 5.41) is 6.94. The van der Waals surface area contributed by atoms with E-state index in [1.165, 1.54) is 62.3 Å². The Morgan fingerprint density at radius 1 is 1.26 bits per heavy atom. The summed E-state index contributed by atoms with van der Waals surface area (Å²) in [6, 6.07) is 0.769. The van der Waals surface area contributed by atoms with Crippen molar-refractivity contribution in [2.24, 2.45) is 5.92 Å². The maximum Gasteiger partial charge on any atom is 0.185 e. The van der Waals surface area contributed by atoms with Crippen molar-refractivity contribution in [1.82, 2.24) is 10.3 Å². The lowest BCUT2D eigenvalue weighted by Gasteiger charge is -2.26. The lowest BCUT2D eigenvalue weighted by atomic mass is 9.89. The van der Waals surface area contributed by atoms with Gasteiger partial charge >= 0.3 is 0 Å². The predicted octanol–water partition coefficient (Wildman–Crippen LogP) is 3.41. The molecule has 1 N–H and O–H groups in total. The zero-order chi connectivity index (χ0) is 13.1. The first-order chi connectivity index (χ1) is 9.31. The lowest BCUT2D eigenvalue weighted by molar-refractivity contribution is 0.362. The molecule has 0 aliphatic heterocycles. The van der Waals surface area contributed by atoms with E-state index >= 15 is 0 Å². The van der Waals surface area contributed by atoms with Crippen molar-refractivity contribution < 1.29 is 0 Å². The van der Waals surface area contributed by atoms with Crippen LogP contribution >= 0.6 is 11.3 Å². The van der Waals surface area contributed by atoms with E-state index in [1.54, 1.807) is 11.3 Å². The fourth-order valence-corrected chi connectivity index (χ4v) is 3.73. The molecule has 2 aliphatic rings. The summed E-state index contributed by atoms with van der Waals surface area (Å²) >= 11 is 1.79. The van der Waals surface area contributed by atoms with Crippen molar-refractivity contribution in [3.8, 4) is 0 Å². The van der Waals surface area contributed by atoms with Crippen LogP contribution < -0.4 is 10.2 Å². The minimum Gasteiger partial charge on any atom is -0.351 e. The molecule has 0 saturated heterocycles. The predicted molar refractivity (Wildman–Crippen MR) is 81.8 cm³/mol. The maximum atomic E-state index is 4.76. The Morgan fingerprint density at radius 3 is 2.79 bits per heavy atom. The smallest absolute Gasteiger partial charge is 0.185 e. The zero-order valence-corrected chi connectivity index (χ0v) is 12.7. The van der Waals surface area contributed by atoms with Crippen molar-refractivity contribution in [3.63, 3.8) is 0 Å². The molecule has 106 valence electrons. The van der Waals surface area contributed by atoms with Gasteiger partial charge in [-0.25, -0.2) is 4.98 Å². The largest absolute Gasteiger partial charge is 0.351 e. The summed E-state index contributed by atoms with van der Waals surface area (Å²) in [4.78, 5) is 7.12. The fraction of sp³-hybridized carbons (Fsp3) is 0.800. The lowest BCUT2D eigenvalue weighted by Crippen LogP contribution is -2.26. The average molecular weight is 279 g/mol. The van der Waals surface area contributed by atoms with Crippen LogP contribution in [0.2, 0.25) is 0 Å². The molecule has 0 spiro atoms. The number of nitrogens with zero attached hydrogens (tertiary/aromatic N) is 2. The van der Waals surface area contributed by atoms with Crippen molar-refractivity contribution in [3.05, 3.63) is 11.1 Å². The van der Waals surface area contributed by atoms with Gasteiger partial charge in [0.2, 0.25) is 0 Å². The highest BCUT2D eigenvalue weighted by molar-refractivity contribution is 7.13. The Kier molecular flexibility index (Phi) is 4.38. The van der Waals surface area contributed by atoms with E-state index in [-0.39, 0.29) is 0 Å². The van der Waals surface area contributed by atoms with E-state index in [0.717, 1.165) is 18.5 Å². The van der Waals surface area contributed by atoms with Gasteiger partial charge in [0, 0.05) is 31.6 Å². The van der Waals surface area contributed by atoms with Crippen LogP contribution in [0.5, 0.6) is 0 Å². The Morgan fingerprint density at radius 2 is 2.05 bits per heavy atom. The van der Waals surface area contributed by atoms with Crippen LogP contribution in [0.15, 0.2) is 5.38 Å². The second-order valence-corrected chi connectivity index (χ2v) is 7.00. The van der Waals surface area contributed by atoms with Gasteiger partial charge in [-0.3, -0.25) is 0 Å². The molecule has 2 saturated carbocycles. The molecule has 2 fully saturated rings. The van der Waals surface area contributed by atoms with Gasteiger partial charge in [-0.2, -0.15) is 0 Å². The van der Waals surface area contributed by atoms with Crippen molar-refractivity contribution in [1.29, 1.82) is 0 Å². The summed E-state index contributed by atoms with van der Waals surface area (Å²) in [6.07, 6.45) is 9.79. The Hall–Kier alpha value is -0.610. The Labute approximate surface area is 120 Å². The third-order valence-corrected chi connectivity index (χ3v) is 5.28. The standard InChI is InChI=1S/C15H25N3S/c1-18(10-12-5-3-2-4-6-12)15-17-14(11-19-15)9-16-13-7-8-13/h11-13,16H,2-10H2,1H3. The number of nitrogens with one attached hydrogen (secondary N) is 1. The molecular formula is C15H25N3S. The number of aromatic nitrogens is 1. The molecule has 3 nitrogen and oxygen atoms in total. The molecule has 0 bridgehead atoms. The van der Waals surface area contributed by atoms with Gasteiger partial charge in [0.1, 0.15) is 0 Å².